The molecule has 0 saturated heterocycles. The van der Waals surface area contributed by atoms with Crippen LogP contribution >= 0.6 is 15.9 Å². The van der Waals surface area contributed by atoms with Gasteiger partial charge >= 0.3 is 14.8 Å². The fourth-order valence-corrected chi connectivity index (χ4v) is 0.524. The molecule has 2 N–H and O–H groups in total. The number of alkyl halides is 1. The summed E-state index contributed by atoms with van der Waals surface area (Å²) in [4.78, 5) is 0. The molecule has 64 valence electrons. The normalized spacial score (nSPS) is 9.00. The maximum atomic E-state index is 8.63. The van der Waals surface area contributed by atoms with Crippen LogP contribution in [-0.2, 0) is 0 Å². The van der Waals surface area contributed by atoms with E-state index in [9.17, 15) is 0 Å². The zero-order chi connectivity index (χ0) is 8.41. The molecule has 0 rings (SSSR count). The molecule has 0 heterocycles. The van der Waals surface area contributed by atoms with Crippen LogP contribution < -0.4 is 13.7 Å². The van der Waals surface area contributed by atoms with Crippen molar-refractivity contribution in [2.45, 2.75) is 6.42 Å². The van der Waals surface area contributed by atoms with E-state index in [4.69, 9.17) is 12.6 Å². The summed E-state index contributed by atoms with van der Waals surface area (Å²) in [5.41, 5.74) is 0. The van der Waals surface area contributed by atoms with E-state index in [0.717, 1.165) is 11.9 Å². The van der Waals surface area contributed by atoms with Crippen molar-refractivity contribution >= 4 is 15.9 Å². The average Bonchev–Trinajstić information content (AvgIpc) is 1.82. The topological polar surface area (TPSA) is 78.4 Å². The van der Waals surface area contributed by atoms with E-state index < -0.39 is 14.8 Å². The predicted octanol–water partition coefficient (Wildman–Crippen LogP) is -1.94. The van der Waals surface area contributed by atoms with Gasteiger partial charge in [0.2, 0.25) is 0 Å². The lowest BCUT2D eigenvalue weighted by atomic mass is 10.5. The molecule has 4 nitrogen and oxygen atoms in total. The van der Waals surface area contributed by atoms with Gasteiger partial charge in [0.1, 0.15) is 0 Å². The van der Waals surface area contributed by atoms with Gasteiger partial charge in [0.15, 0.2) is 0 Å². The lowest BCUT2D eigenvalue weighted by Gasteiger charge is -1.88. The molecule has 0 bridgehead atoms. The maximum Gasteiger partial charge on any atom is 0.433 e. The molecule has 0 atom stereocenters. The van der Waals surface area contributed by atoms with Crippen LogP contribution in [0, 0.1) is 14.8 Å². The van der Waals surface area contributed by atoms with Crippen molar-refractivity contribution in [1.29, 1.82) is 0 Å². The molecule has 0 unspecified atom stereocenters. The van der Waals surface area contributed by atoms with Gasteiger partial charge in [-0.05, 0) is 24.2 Å². The van der Waals surface area contributed by atoms with Crippen molar-refractivity contribution in [3.63, 3.8) is 0 Å². The Labute approximate surface area is 74.2 Å². The quantitative estimate of drug-likeness (QED) is 0.466. The van der Waals surface area contributed by atoms with E-state index in [-0.39, 0.29) is 0 Å². The molecule has 0 aromatic carbocycles. The van der Waals surface area contributed by atoms with E-state index in [1.165, 1.54) is 6.42 Å². The van der Waals surface area contributed by atoms with E-state index in [1.54, 1.807) is 0 Å². The average molecular weight is 281 g/mol. The fourth-order valence-electron chi connectivity index (χ4n) is 0.244. The zero-order valence-corrected chi connectivity index (χ0v) is 8.81. The molecule has 0 aromatic rings. The summed E-state index contributed by atoms with van der Waals surface area (Å²) >= 11 is -0.0855. The molecule has 6 heteroatoms. The molecule has 0 saturated carbocycles. The minimum atomic E-state index is -3.40. The van der Waals surface area contributed by atoms with E-state index >= 15 is 0 Å². The molecule has 0 aliphatic heterocycles. The highest BCUT2D eigenvalue weighted by atomic mass is 80.0. The van der Waals surface area contributed by atoms with Gasteiger partial charge in [-0.2, -0.15) is 0 Å². The van der Waals surface area contributed by atoms with Crippen LogP contribution in [0.1, 0.15) is 6.42 Å². The van der Waals surface area contributed by atoms with Crippen LogP contribution in [0.2, 0.25) is 0 Å². The zero-order valence-electron chi connectivity index (χ0n) is 5.64. The number of halogens is 2. The molecule has 0 aromatic heterocycles. The maximum absolute atomic E-state index is 8.63. The SMILES string of the molecule is CNCCCBr.[O-][Br+2]([O-])O. The van der Waals surface area contributed by atoms with E-state index in [1.807, 2.05) is 7.05 Å². The summed E-state index contributed by atoms with van der Waals surface area (Å²) in [6, 6.07) is 0. The van der Waals surface area contributed by atoms with Crippen molar-refractivity contribution in [1.82, 2.24) is 5.32 Å². The summed E-state index contributed by atoms with van der Waals surface area (Å²) in [7, 11) is 1.96. The highest BCUT2D eigenvalue weighted by Gasteiger charge is 1.86. The number of hydrogen-bond donors (Lipinski definition) is 2. The van der Waals surface area contributed by atoms with Gasteiger partial charge in [0, 0.05) is 5.33 Å². The third kappa shape index (κ3) is 37.1. The van der Waals surface area contributed by atoms with Gasteiger partial charge in [-0.15, -0.1) is 0 Å². The Balaban J connectivity index is 0. The summed E-state index contributed by atoms with van der Waals surface area (Å²) in [6.45, 7) is 1.12. The third-order valence-corrected chi connectivity index (χ3v) is 1.12. The van der Waals surface area contributed by atoms with Crippen LogP contribution in [-0.4, -0.2) is 23.1 Å². The Kier molecular flexibility index (Phi) is 16.7. The Morgan fingerprint density at radius 1 is 1.60 bits per heavy atom. The van der Waals surface area contributed by atoms with Gasteiger partial charge in [0.25, 0.3) is 0 Å². The van der Waals surface area contributed by atoms with E-state index in [0.29, 0.717) is 0 Å². The molecule has 0 spiro atoms. The molecule has 0 aliphatic carbocycles. The molecule has 0 aliphatic rings. The Morgan fingerprint density at radius 3 is 2.10 bits per heavy atom. The van der Waals surface area contributed by atoms with Crippen LogP contribution in [0.15, 0.2) is 0 Å². The predicted molar refractivity (Wildman–Crippen MR) is 34.6 cm³/mol. The number of nitrogens with one attached hydrogen (secondary N) is 1. The van der Waals surface area contributed by atoms with E-state index in [2.05, 4.69) is 21.2 Å². The first-order valence-electron chi connectivity index (χ1n) is 2.60. The second-order valence-electron chi connectivity index (χ2n) is 1.35. The van der Waals surface area contributed by atoms with Crippen LogP contribution in [0.3, 0.4) is 0 Å². The molecule has 10 heavy (non-hydrogen) atoms. The lowest BCUT2D eigenvalue weighted by Crippen LogP contribution is -2.30. The third-order valence-electron chi connectivity index (χ3n) is 0.560. The minimum absolute atomic E-state index is 1.10. The minimum Gasteiger partial charge on any atom is -0.372 e. The number of rotatable bonds is 3. The van der Waals surface area contributed by atoms with Crippen molar-refractivity contribution in [3.8, 4) is 0 Å². The first-order valence-corrected chi connectivity index (χ1v) is 5.72. The van der Waals surface area contributed by atoms with Gasteiger partial charge in [0.05, 0.1) is 0 Å². The van der Waals surface area contributed by atoms with Crippen LogP contribution in [0.5, 0.6) is 0 Å². The Hall–Kier alpha value is 0.800. The first-order chi connectivity index (χ1) is 4.65. The Bertz CT molecular complexity index is 49.0. The summed E-state index contributed by atoms with van der Waals surface area (Å²) in [5, 5.41) is 4.14. The van der Waals surface area contributed by atoms with Crippen molar-refractivity contribution < 1.29 is 27.4 Å². The molecular weight excluding hydrogens is 270 g/mol. The smallest absolute Gasteiger partial charge is 0.372 e. The highest BCUT2D eigenvalue weighted by Crippen LogP contribution is 1.82. The first kappa shape index (κ1) is 13.4. The monoisotopic (exact) mass is 279 g/mol. The molecule has 0 fully saturated rings. The standard InChI is InChI=1S/C4H10BrN.BrHO3/c1-6-4-2-3-5;2-1(3)4/h6H,2-4H2,1H3;2H. The largest absolute Gasteiger partial charge is 0.433 e. The fraction of sp³-hybridized carbons (Fsp3) is 1.00. The van der Waals surface area contributed by atoms with Crippen LogP contribution in [0.25, 0.3) is 0 Å². The van der Waals surface area contributed by atoms with Gasteiger partial charge in [-0.1, -0.05) is 15.9 Å². The molecule has 0 radical (unpaired) electrons. The summed E-state index contributed by atoms with van der Waals surface area (Å²) in [6.07, 6.45) is 1.22. The van der Waals surface area contributed by atoms with Crippen molar-refractivity contribution in [3.05, 3.63) is 0 Å². The lowest BCUT2D eigenvalue weighted by molar-refractivity contribution is -1.63. The van der Waals surface area contributed by atoms with Gasteiger partial charge in [-0.25, -0.2) is 0 Å². The van der Waals surface area contributed by atoms with Gasteiger partial charge in [-0.3, -0.25) is 0 Å². The molecular formula is C4H11Br2NO3. The van der Waals surface area contributed by atoms with Gasteiger partial charge < -0.3 is 13.7 Å². The molecule has 0 amide bonds. The number of hydrogen-bond acceptors (Lipinski definition) is 4. The Morgan fingerprint density at radius 2 is 2.00 bits per heavy atom. The second kappa shape index (κ2) is 12.5. The second-order valence-corrected chi connectivity index (χ2v) is 2.98. The summed E-state index contributed by atoms with van der Waals surface area (Å²) in [5.74, 6) is 0. The summed E-state index contributed by atoms with van der Waals surface area (Å²) < 4.78 is 24.3. The van der Waals surface area contributed by atoms with Crippen LogP contribution in [0.4, 0.5) is 0 Å². The van der Waals surface area contributed by atoms with Crippen molar-refractivity contribution in [2.24, 2.45) is 0 Å². The highest BCUT2D eigenvalue weighted by molar-refractivity contribution is 9.09. The van der Waals surface area contributed by atoms with Crippen molar-refractivity contribution in [2.75, 3.05) is 18.9 Å².